The summed E-state index contributed by atoms with van der Waals surface area (Å²) in [6.07, 6.45) is -8.83. The molecule has 4 heterocycles. The molecule has 0 spiro atoms. The Bertz CT molecular complexity index is 2290. The van der Waals surface area contributed by atoms with Crippen molar-refractivity contribution in [2.45, 2.75) is 62.0 Å². The van der Waals surface area contributed by atoms with E-state index in [1.165, 1.54) is 18.2 Å². The van der Waals surface area contributed by atoms with Crippen LogP contribution in [0.5, 0.6) is 11.5 Å². The number of hydrogen-bond donors (Lipinski definition) is 7. The summed E-state index contributed by atoms with van der Waals surface area (Å²) < 4.78 is 25.1. The van der Waals surface area contributed by atoms with Crippen molar-refractivity contribution in [3.05, 3.63) is 88.0 Å². The molecule has 1 aliphatic carbocycles. The number of carbonyl (C=O) groups is 3. The molecule has 4 aliphatic heterocycles. The highest BCUT2D eigenvalue weighted by molar-refractivity contribution is 6.66. The van der Waals surface area contributed by atoms with E-state index in [0.717, 1.165) is 0 Å². The molecule has 3 aromatic carbocycles. The van der Waals surface area contributed by atoms with Gasteiger partial charge in [0.15, 0.2) is 35.4 Å². The lowest BCUT2D eigenvalue weighted by Crippen LogP contribution is -3.09. The summed E-state index contributed by atoms with van der Waals surface area (Å²) in [5, 5.41) is 75.1. The number of quaternary nitrogens is 1. The Morgan fingerprint density at radius 1 is 0.966 bits per heavy atom. The Morgan fingerprint density at radius 3 is 2.47 bits per heavy atom. The molecule has 5 aliphatic rings. The summed E-state index contributed by atoms with van der Waals surface area (Å²) in [7, 11) is 0. The van der Waals surface area contributed by atoms with Crippen LogP contribution in [0.25, 0.3) is 0 Å². The number of carbonyl (C=O) groups excluding carboxylic acids is 3. The number of ether oxygens (including phenoxy) is 4. The van der Waals surface area contributed by atoms with Crippen molar-refractivity contribution in [1.29, 1.82) is 5.41 Å². The van der Waals surface area contributed by atoms with E-state index >= 15 is 0 Å². The largest absolute Gasteiger partial charge is 0.857 e. The van der Waals surface area contributed by atoms with Gasteiger partial charge in [-0.05, 0) is 30.9 Å². The number of guanidine groups is 1. The van der Waals surface area contributed by atoms with Crippen LogP contribution in [0, 0.1) is 11.3 Å². The lowest BCUT2D eigenvalue weighted by Gasteiger charge is -2.40. The highest BCUT2D eigenvalue weighted by atomic mass is 16.7. The van der Waals surface area contributed by atoms with E-state index in [4.69, 9.17) is 24.4 Å². The van der Waals surface area contributed by atoms with Crippen LogP contribution < -0.4 is 19.5 Å². The van der Waals surface area contributed by atoms with Crippen LogP contribution >= 0.6 is 0 Å². The number of aliphatic imine (C=N–C) groups is 3. The molecule has 0 aromatic heterocycles. The smallest absolute Gasteiger partial charge is 0.262 e. The molecule has 1 fully saturated rings. The number of benzene rings is 3. The molecule has 7 N–H and O–H groups in total. The second-order valence-electron chi connectivity index (χ2n) is 14.8. The average molecular weight is 812 g/mol. The molecule has 9 unspecified atom stereocenters. The first-order valence-corrected chi connectivity index (χ1v) is 19.1. The van der Waals surface area contributed by atoms with Gasteiger partial charge in [-0.1, -0.05) is 42.5 Å². The van der Waals surface area contributed by atoms with Gasteiger partial charge >= 0.3 is 0 Å². The summed E-state index contributed by atoms with van der Waals surface area (Å²) in [5.41, 5.74) is 1.20. The van der Waals surface area contributed by atoms with Crippen molar-refractivity contribution in [2.75, 3.05) is 33.1 Å². The standard InChI is InChI=1S/C41H41N5O13/c42-41-44-38-30(39(55)45-41)43-18-46(38)26-10-4-3-9-23(26)28-19(6-5-12-47)15-56-17-27-33(52)34(53)35(54)40(58-27)59-36-25(28)14-24-29(37(36)57-16-20(49)11-13-48)32(51)22-8-2-1-7-21(22)31(24)50/h1-4,7-10,13-14,19-20,27-28,33-35,40,47,49,52-54H,5-6,11-12,15-18H2,(H2,42,45,55). The molecule has 3 aromatic rings. The molecule has 59 heavy (non-hydrogen) atoms. The van der Waals surface area contributed by atoms with Crippen LogP contribution in [0.4, 0.5) is 5.69 Å². The minimum atomic E-state index is -1.86. The molecule has 9 atom stereocenters. The zero-order valence-corrected chi connectivity index (χ0v) is 31.4. The van der Waals surface area contributed by atoms with Gasteiger partial charge in [-0.25, -0.2) is 14.9 Å². The third kappa shape index (κ3) is 7.27. The predicted octanol–water partition coefficient (Wildman–Crippen LogP) is -1.44. The molecule has 18 nitrogen and oxygen atoms in total. The second kappa shape index (κ2) is 16.6. The molecule has 1 saturated heterocycles. The van der Waals surface area contributed by atoms with E-state index in [1.54, 1.807) is 36.4 Å². The first kappa shape index (κ1) is 40.2. The van der Waals surface area contributed by atoms with Crippen molar-refractivity contribution in [3.63, 3.8) is 0 Å². The van der Waals surface area contributed by atoms with Gasteiger partial charge in [-0.15, -0.1) is 0 Å². The van der Waals surface area contributed by atoms with E-state index < -0.39 is 78.7 Å². The Kier molecular flexibility index (Phi) is 11.3. The third-order valence-corrected chi connectivity index (χ3v) is 11.2. The van der Waals surface area contributed by atoms with Gasteiger partial charge in [-0.3, -0.25) is 15.0 Å². The van der Waals surface area contributed by atoms with Crippen LogP contribution in [0.15, 0.2) is 69.6 Å². The van der Waals surface area contributed by atoms with Gasteiger partial charge in [-0.2, -0.15) is 4.99 Å². The number of aldehydes is 1. The number of nitrogens with one attached hydrogen (secondary N) is 2. The fourth-order valence-electron chi connectivity index (χ4n) is 8.33. The SMILES string of the molecule is N=C1N=C([O-])C2=NC[NH+](c3ccccc3C3c4cc5c(c(OCC(O)CC=O)c4OC4OC(COCC3CCCO)C(O)C(O)C4O)C(=O)c3ccccc3C5=O)C2=N1. The van der Waals surface area contributed by atoms with Crippen LogP contribution in [0.3, 0.4) is 0 Å². The van der Waals surface area contributed by atoms with Crippen LogP contribution in [0.1, 0.15) is 68.2 Å². The molecule has 0 amide bonds. The fourth-order valence-corrected chi connectivity index (χ4v) is 8.33. The summed E-state index contributed by atoms with van der Waals surface area (Å²) >= 11 is 0. The van der Waals surface area contributed by atoms with E-state index in [2.05, 4.69) is 15.0 Å². The van der Waals surface area contributed by atoms with E-state index in [-0.39, 0.29) is 90.2 Å². The van der Waals surface area contributed by atoms with Crippen molar-refractivity contribution >= 4 is 46.9 Å². The normalized spacial score (nSPS) is 28.0. The predicted molar refractivity (Wildman–Crippen MR) is 204 cm³/mol. The zero-order valence-electron chi connectivity index (χ0n) is 31.4. The van der Waals surface area contributed by atoms with Crippen molar-refractivity contribution in [3.8, 4) is 11.5 Å². The number of ketones is 2. The first-order valence-electron chi connectivity index (χ1n) is 19.1. The number of aliphatic hydroxyl groups is 5. The molecule has 2 bridgehead atoms. The first-order chi connectivity index (χ1) is 28.5. The molecule has 8 rings (SSSR count). The topological polar surface area (TPSA) is 278 Å². The van der Waals surface area contributed by atoms with Gasteiger partial charge in [0, 0.05) is 52.7 Å². The maximum absolute atomic E-state index is 14.5. The van der Waals surface area contributed by atoms with Crippen molar-refractivity contribution < 1.29 is 68.9 Å². The molecular formula is C41H41N5O13. The number of amidine groups is 1. The highest BCUT2D eigenvalue weighted by Gasteiger charge is 2.48. The van der Waals surface area contributed by atoms with Crippen LogP contribution in [0.2, 0.25) is 0 Å². The number of nitrogens with zero attached hydrogens (tertiary/aromatic N) is 3. The zero-order chi connectivity index (χ0) is 41.5. The second-order valence-corrected chi connectivity index (χ2v) is 14.8. The van der Waals surface area contributed by atoms with E-state index in [9.17, 15) is 45.0 Å². The average Bonchev–Trinajstić information content (AvgIpc) is 3.65. The molecule has 308 valence electrons. The number of hydrogen-bond acceptors (Lipinski definition) is 15. The lowest BCUT2D eigenvalue weighted by molar-refractivity contribution is -0.723. The Morgan fingerprint density at radius 2 is 1.71 bits per heavy atom. The maximum atomic E-state index is 14.5. The van der Waals surface area contributed by atoms with Gasteiger partial charge in [0.05, 0.1) is 24.9 Å². The Hall–Kier alpha value is -5.57. The van der Waals surface area contributed by atoms with Crippen LogP contribution in [-0.2, 0) is 14.3 Å². The quantitative estimate of drug-likeness (QED) is 0.0906. The maximum Gasteiger partial charge on any atom is 0.262 e. The van der Waals surface area contributed by atoms with Crippen LogP contribution in [-0.4, -0.2) is 137 Å². The third-order valence-electron chi connectivity index (χ3n) is 11.2. The number of rotatable bonds is 10. The summed E-state index contributed by atoms with van der Waals surface area (Å²) in [6.45, 7) is -1.09. The lowest BCUT2D eigenvalue weighted by atomic mass is 9.74. The monoisotopic (exact) mass is 811 g/mol. The summed E-state index contributed by atoms with van der Waals surface area (Å²) in [4.78, 5) is 53.3. The molecule has 0 saturated carbocycles. The summed E-state index contributed by atoms with van der Waals surface area (Å²) in [6, 6.07) is 14.8. The minimum absolute atomic E-state index is 0.00408. The minimum Gasteiger partial charge on any atom is -0.857 e. The molecule has 18 heteroatoms. The molecular weight excluding hydrogens is 770 g/mol. The summed E-state index contributed by atoms with van der Waals surface area (Å²) in [5.74, 6) is -4.22. The van der Waals surface area contributed by atoms with Gasteiger partial charge in [0.1, 0.15) is 43.0 Å². The van der Waals surface area contributed by atoms with Gasteiger partial charge in [0.25, 0.3) is 5.84 Å². The molecule has 0 radical (unpaired) electrons. The number of aliphatic hydroxyl groups excluding tert-OH is 5. The fraction of sp³-hybridized carbons (Fsp3) is 0.390. The Labute approximate surface area is 336 Å². The highest BCUT2D eigenvalue weighted by Crippen LogP contribution is 2.50. The number of fused-ring (bicyclic) bond motifs is 6. The van der Waals surface area contributed by atoms with E-state index in [0.29, 0.717) is 28.9 Å². The Balaban J connectivity index is 1.41. The number of para-hydroxylation sites is 1. The van der Waals surface area contributed by atoms with E-state index in [1.807, 2.05) is 0 Å². The van der Waals surface area contributed by atoms with Crippen molar-refractivity contribution in [1.82, 2.24) is 0 Å². The van der Waals surface area contributed by atoms with Gasteiger partial charge < -0.3 is 54.4 Å². The van der Waals surface area contributed by atoms with Gasteiger partial charge in [0.2, 0.25) is 12.2 Å². The van der Waals surface area contributed by atoms with Crippen molar-refractivity contribution in [2.24, 2.45) is 20.9 Å².